The van der Waals surface area contributed by atoms with Crippen molar-refractivity contribution in [3.63, 3.8) is 0 Å². The van der Waals surface area contributed by atoms with Crippen LogP contribution in [0.25, 0.3) is 5.52 Å². The van der Waals surface area contributed by atoms with Crippen molar-refractivity contribution in [2.75, 3.05) is 26.9 Å². The predicted octanol–water partition coefficient (Wildman–Crippen LogP) is 1.06. The minimum absolute atomic E-state index is 0.223. The highest BCUT2D eigenvalue weighted by molar-refractivity contribution is 5.99. The molecule has 0 aromatic carbocycles. The van der Waals surface area contributed by atoms with Crippen LogP contribution in [0.3, 0.4) is 0 Å². The number of rotatable bonds is 5. The van der Waals surface area contributed by atoms with E-state index >= 15 is 0 Å². The van der Waals surface area contributed by atoms with Gasteiger partial charge in [0, 0.05) is 11.6 Å². The van der Waals surface area contributed by atoms with Gasteiger partial charge >= 0.3 is 5.97 Å². The third kappa shape index (κ3) is 2.65. The zero-order valence-electron chi connectivity index (χ0n) is 12.9. The first-order valence-electron chi connectivity index (χ1n) is 7.31. The number of nitrogens with zero attached hydrogens (tertiary/aromatic N) is 2. The van der Waals surface area contributed by atoms with Gasteiger partial charge in [0.15, 0.2) is 0 Å². The third-order valence-electron chi connectivity index (χ3n) is 3.56. The van der Waals surface area contributed by atoms with Crippen molar-refractivity contribution in [3.05, 3.63) is 29.0 Å². The number of ether oxygens (including phenoxy) is 4. The molecular weight excluding hydrogens is 304 g/mol. The van der Waals surface area contributed by atoms with Crippen LogP contribution in [0, 0.1) is 0 Å². The van der Waals surface area contributed by atoms with Gasteiger partial charge in [-0.15, -0.1) is 0 Å². The largest absolute Gasteiger partial charge is 0.481 e. The molecule has 0 radical (unpaired) electrons. The van der Waals surface area contributed by atoms with E-state index < -0.39 is 12.3 Å². The van der Waals surface area contributed by atoms with Gasteiger partial charge in [-0.1, -0.05) is 0 Å². The van der Waals surface area contributed by atoms with Crippen LogP contribution in [0.15, 0.2) is 12.1 Å². The molecule has 8 nitrogen and oxygen atoms in total. The van der Waals surface area contributed by atoms with Gasteiger partial charge < -0.3 is 24.1 Å². The molecule has 0 atom stereocenters. The second-order valence-corrected chi connectivity index (χ2v) is 4.87. The molecule has 0 saturated carbocycles. The fourth-order valence-electron chi connectivity index (χ4n) is 2.58. The Hall–Kier alpha value is -2.16. The van der Waals surface area contributed by atoms with Crippen LogP contribution in [-0.4, -0.2) is 47.6 Å². The molecule has 0 spiro atoms. The lowest BCUT2D eigenvalue weighted by molar-refractivity contribution is -0.0482. The Balaban J connectivity index is 2.28. The maximum absolute atomic E-state index is 12.5. The number of pyridine rings is 1. The molecule has 124 valence electrons. The molecular formula is C15H18N2O6. The summed E-state index contributed by atoms with van der Waals surface area (Å²) in [6.45, 7) is 2.53. The average Bonchev–Trinajstić information content (AvgIpc) is 3.21. The summed E-state index contributed by atoms with van der Waals surface area (Å²) in [4.78, 5) is 12.5. The Bertz CT molecular complexity index is 720. The number of carbonyl (C=O) groups is 1. The molecule has 1 fully saturated rings. The summed E-state index contributed by atoms with van der Waals surface area (Å²) >= 11 is 0. The van der Waals surface area contributed by atoms with Crippen molar-refractivity contribution in [3.8, 4) is 5.88 Å². The number of hydrogen-bond donors (Lipinski definition) is 1. The summed E-state index contributed by atoms with van der Waals surface area (Å²) in [7, 11) is 1.50. The maximum atomic E-state index is 12.5. The molecule has 2 aromatic rings. The van der Waals surface area contributed by atoms with Crippen molar-refractivity contribution >= 4 is 11.5 Å². The van der Waals surface area contributed by atoms with Gasteiger partial charge in [0.2, 0.25) is 12.2 Å². The lowest BCUT2D eigenvalue weighted by atomic mass is 10.1. The Morgan fingerprint density at radius 2 is 2.17 bits per heavy atom. The van der Waals surface area contributed by atoms with Crippen molar-refractivity contribution in [1.29, 1.82) is 0 Å². The molecule has 0 bridgehead atoms. The number of aliphatic hydroxyl groups excluding tert-OH is 1. The van der Waals surface area contributed by atoms with Crippen molar-refractivity contribution < 1.29 is 28.8 Å². The number of hydrogen-bond acceptors (Lipinski definition) is 7. The van der Waals surface area contributed by atoms with Crippen LogP contribution < -0.4 is 4.74 Å². The summed E-state index contributed by atoms with van der Waals surface area (Å²) in [5.41, 5.74) is 1.51. The minimum atomic E-state index is -0.745. The highest BCUT2D eigenvalue weighted by Crippen LogP contribution is 2.32. The van der Waals surface area contributed by atoms with E-state index in [1.54, 1.807) is 19.1 Å². The first-order valence-corrected chi connectivity index (χ1v) is 7.31. The molecule has 1 N–H and O–H groups in total. The summed E-state index contributed by atoms with van der Waals surface area (Å²) in [6.07, 6.45) is -0.745. The molecule has 1 aliphatic heterocycles. The predicted molar refractivity (Wildman–Crippen MR) is 78.3 cm³/mol. The second-order valence-electron chi connectivity index (χ2n) is 4.87. The molecule has 1 aliphatic rings. The minimum Gasteiger partial charge on any atom is -0.481 e. The molecule has 1 saturated heterocycles. The summed E-state index contributed by atoms with van der Waals surface area (Å²) < 4.78 is 22.8. The quantitative estimate of drug-likeness (QED) is 0.823. The van der Waals surface area contributed by atoms with Gasteiger partial charge in [-0.25, -0.2) is 4.79 Å². The number of aromatic nitrogens is 2. The Morgan fingerprint density at radius 3 is 2.78 bits per heavy atom. The number of carbonyl (C=O) groups excluding carboxylic acids is 1. The zero-order chi connectivity index (χ0) is 16.4. The molecule has 2 aromatic heterocycles. The first-order chi connectivity index (χ1) is 11.2. The molecule has 0 aliphatic carbocycles. The highest BCUT2D eigenvalue weighted by Gasteiger charge is 2.32. The van der Waals surface area contributed by atoms with Crippen molar-refractivity contribution in [1.82, 2.24) is 9.61 Å². The maximum Gasteiger partial charge on any atom is 0.342 e. The molecule has 0 unspecified atom stereocenters. The van der Waals surface area contributed by atoms with E-state index in [4.69, 9.17) is 18.9 Å². The number of fused-ring (bicyclic) bond motifs is 1. The van der Waals surface area contributed by atoms with Gasteiger partial charge in [-0.3, -0.25) is 0 Å². The van der Waals surface area contributed by atoms with Crippen LogP contribution in [0.1, 0.15) is 34.8 Å². The lowest BCUT2D eigenvalue weighted by Crippen LogP contribution is -2.11. The zero-order valence-corrected chi connectivity index (χ0v) is 12.9. The average molecular weight is 322 g/mol. The van der Waals surface area contributed by atoms with Crippen LogP contribution in [0.4, 0.5) is 0 Å². The summed E-state index contributed by atoms with van der Waals surface area (Å²) in [5, 5.41) is 14.0. The van der Waals surface area contributed by atoms with Crippen LogP contribution in [0.5, 0.6) is 5.88 Å². The number of esters is 1. The fourth-order valence-corrected chi connectivity index (χ4v) is 2.58. The lowest BCUT2D eigenvalue weighted by Gasteiger charge is -2.09. The topological polar surface area (TPSA) is 91.5 Å². The van der Waals surface area contributed by atoms with Gasteiger partial charge in [-0.2, -0.15) is 9.61 Å². The molecule has 8 heteroatoms. The van der Waals surface area contributed by atoms with Crippen LogP contribution >= 0.6 is 0 Å². The fraction of sp³-hybridized carbons (Fsp3) is 0.467. The van der Waals surface area contributed by atoms with E-state index in [0.29, 0.717) is 35.9 Å². The van der Waals surface area contributed by atoms with Gasteiger partial charge in [0.25, 0.3) is 0 Å². The summed E-state index contributed by atoms with van der Waals surface area (Å²) in [5.74, 6) is -0.119. The normalized spacial score (nSPS) is 15.3. The van der Waals surface area contributed by atoms with Gasteiger partial charge in [0.1, 0.15) is 11.3 Å². The smallest absolute Gasteiger partial charge is 0.342 e. The molecule has 23 heavy (non-hydrogen) atoms. The SMILES string of the molecule is CCOC(=O)c1c(C2OCCO2)nn2c(OC)ccc(CO)c12. The van der Waals surface area contributed by atoms with Gasteiger partial charge in [0.05, 0.1) is 39.1 Å². The standard InChI is InChI=1S/C15H18N2O6/c1-3-21-14(19)11-12(15-22-6-7-23-15)16-17-10(20-2)5-4-9(8-18)13(11)17/h4-5,15,18H,3,6-8H2,1-2H3. The first kappa shape index (κ1) is 15.7. The second kappa shape index (κ2) is 6.53. The van der Waals surface area contributed by atoms with E-state index in [9.17, 15) is 9.90 Å². The monoisotopic (exact) mass is 322 g/mol. The van der Waals surface area contributed by atoms with Crippen LogP contribution in [-0.2, 0) is 20.8 Å². The molecule has 0 amide bonds. The number of methoxy groups -OCH3 is 1. The molecule has 3 rings (SSSR count). The van der Waals surface area contributed by atoms with Crippen molar-refractivity contribution in [2.24, 2.45) is 0 Å². The molecule has 3 heterocycles. The van der Waals surface area contributed by atoms with Crippen molar-refractivity contribution in [2.45, 2.75) is 19.8 Å². The Morgan fingerprint density at radius 1 is 1.43 bits per heavy atom. The summed E-state index contributed by atoms with van der Waals surface area (Å²) in [6, 6.07) is 3.35. The van der Waals surface area contributed by atoms with Gasteiger partial charge in [-0.05, 0) is 13.0 Å². The number of aliphatic hydroxyl groups is 1. The van der Waals surface area contributed by atoms with E-state index in [2.05, 4.69) is 5.10 Å². The Kier molecular flexibility index (Phi) is 4.46. The van der Waals surface area contributed by atoms with E-state index in [1.807, 2.05) is 0 Å². The van der Waals surface area contributed by atoms with E-state index in [0.717, 1.165) is 0 Å². The van der Waals surface area contributed by atoms with E-state index in [1.165, 1.54) is 11.6 Å². The van der Waals surface area contributed by atoms with E-state index in [-0.39, 0.29) is 18.8 Å². The third-order valence-corrected chi connectivity index (χ3v) is 3.56. The highest BCUT2D eigenvalue weighted by atomic mass is 16.7. The van der Waals surface area contributed by atoms with Crippen LogP contribution in [0.2, 0.25) is 0 Å². The Labute approximate surface area is 132 Å².